The summed E-state index contributed by atoms with van der Waals surface area (Å²) in [4.78, 5) is 19.1. The molecule has 7 heteroatoms. The first kappa shape index (κ1) is 18.6. The van der Waals surface area contributed by atoms with Crippen LogP contribution in [-0.2, 0) is 4.79 Å². The minimum atomic E-state index is -0.0432. The number of aromatic nitrogens is 3. The largest absolute Gasteiger partial charge is 0.385 e. The number of para-hydroxylation sites is 1. The van der Waals surface area contributed by atoms with Gasteiger partial charge in [0.25, 0.3) is 0 Å². The fraction of sp³-hybridized carbons (Fsp3) is 0.286. The highest BCUT2D eigenvalue weighted by molar-refractivity contribution is 7.99. The summed E-state index contributed by atoms with van der Waals surface area (Å²) in [5.74, 6) is 0.254. The number of benzene rings is 2. The first-order chi connectivity index (χ1) is 13.8. The van der Waals surface area contributed by atoms with Crippen molar-refractivity contribution in [1.29, 1.82) is 0 Å². The Kier molecular flexibility index (Phi) is 5.92. The van der Waals surface area contributed by atoms with Gasteiger partial charge in [-0.05, 0) is 72.4 Å². The van der Waals surface area contributed by atoms with Gasteiger partial charge in [-0.3, -0.25) is 4.79 Å². The van der Waals surface area contributed by atoms with Crippen LogP contribution in [0.5, 0.6) is 0 Å². The number of nitrogens with one attached hydrogen (secondary N) is 2. The summed E-state index contributed by atoms with van der Waals surface area (Å²) in [6.45, 7) is 2.24. The molecule has 6 nitrogen and oxygen atoms in total. The van der Waals surface area contributed by atoms with Crippen LogP contribution < -0.4 is 14.9 Å². The molecule has 1 aliphatic heterocycles. The van der Waals surface area contributed by atoms with E-state index in [1.165, 1.54) is 36.7 Å². The first-order valence-electron chi connectivity index (χ1n) is 9.58. The third-order valence-electron chi connectivity index (χ3n) is 4.77. The van der Waals surface area contributed by atoms with Crippen molar-refractivity contribution in [2.75, 3.05) is 29.1 Å². The van der Waals surface area contributed by atoms with Crippen LogP contribution in [0.4, 0.5) is 11.4 Å². The zero-order chi connectivity index (χ0) is 19.2. The average Bonchev–Trinajstić information content (AvgIpc) is 3.23. The van der Waals surface area contributed by atoms with Crippen molar-refractivity contribution < 1.29 is 9.48 Å². The highest BCUT2D eigenvalue weighted by Gasteiger charge is 2.18. The number of thioether (sulfide) groups is 1. The second-order valence-electron chi connectivity index (χ2n) is 6.77. The summed E-state index contributed by atoms with van der Waals surface area (Å²) >= 11 is 1.40. The molecule has 1 aliphatic rings. The number of piperidine rings is 1. The molecule has 4 rings (SSSR count). The van der Waals surface area contributed by atoms with E-state index in [0.29, 0.717) is 5.75 Å². The highest BCUT2D eigenvalue weighted by Crippen LogP contribution is 2.22. The minimum absolute atomic E-state index is 0.0432. The quantitative estimate of drug-likeness (QED) is 0.497. The number of hydrogen-bond acceptors (Lipinski definition) is 4. The molecule has 0 unspecified atom stereocenters. The molecule has 0 atom stereocenters. The van der Waals surface area contributed by atoms with Crippen molar-refractivity contribution in [3.63, 3.8) is 0 Å². The predicted molar refractivity (Wildman–Crippen MR) is 112 cm³/mol. The summed E-state index contributed by atoms with van der Waals surface area (Å²) in [5.41, 5.74) is 3.04. The summed E-state index contributed by atoms with van der Waals surface area (Å²) in [6, 6.07) is 18.0. The lowest BCUT2D eigenvalue weighted by Gasteiger charge is -2.28. The van der Waals surface area contributed by atoms with Gasteiger partial charge in [-0.15, -0.1) is 4.68 Å². The van der Waals surface area contributed by atoms with E-state index in [9.17, 15) is 4.79 Å². The molecule has 0 saturated carbocycles. The van der Waals surface area contributed by atoms with E-state index in [-0.39, 0.29) is 5.91 Å². The van der Waals surface area contributed by atoms with Crippen LogP contribution in [0.1, 0.15) is 19.3 Å². The Morgan fingerprint density at radius 1 is 1.07 bits per heavy atom. The zero-order valence-electron chi connectivity index (χ0n) is 15.7. The molecular formula is C21H24N5OS+. The fourth-order valence-corrected chi connectivity index (χ4v) is 4.10. The van der Waals surface area contributed by atoms with Gasteiger partial charge < -0.3 is 10.2 Å². The van der Waals surface area contributed by atoms with Crippen molar-refractivity contribution in [2.24, 2.45) is 0 Å². The van der Waals surface area contributed by atoms with Gasteiger partial charge in [-0.2, -0.15) is 5.10 Å². The Labute approximate surface area is 169 Å². The van der Waals surface area contributed by atoms with Crippen molar-refractivity contribution in [3.8, 4) is 5.69 Å². The fourth-order valence-electron chi connectivity index (χ4n) is 3.35. The SMILES string of the molecule is O=C(CSc1nc[nH][n+]1-c1ccccc1)Nc1ccc(N2CCCCC2)cc1. The van der Waals surface area contributed by atoms with E-state index in [1.54, 1.807) is 6.33 Å². The lowest BCUT2D eigenvalue weighted by Crippen LogP contribution is -2.35. The van der Waals surface area contributed by atoms with Crippen molar-refractivity contribution >= 4 is 29.0 Å². The number of aromatic amines is 1. The molecule has 144 valence electrons. The number of hydrogen-bond donors (Lipinski definition) is 2. The van der Waals surface area contributed by atoms with Crippen LogP contribution in [0.3, 0.4) is 0 Å². The van der Waals surface area contributed by atoms with Crippen LogP contribution in [0.15, 0.2) is 66.1 Å². The maximum Gasteiger partial charge on any atom is 0.385 e. The molecule has 2 aromatic carbocycles. The third-order valence-corrected chi connectivity index (χ3v) is 5.72. The Hall–Kier alpha value is -2.80. The molecule has 0 radical (unpaired) electrons. The third kappa shape index (κ3) is 4.54. The Morgan fingerprint density at radius 2 is 1.82 bits per heavy atom. The van der Waals surface area contributed by atoms with Crippen molar-refractivity contribution in [2.45, 2.75) is 24.4 Å². The Morgan fingerprint density at radius 3 is 2.57 bits per heavy atom. The monoisotopic (exact) mass is 394 g/mol. The van der Waals surface area contributed by atoms with Crippen LogP contribution >= 0.6 is 11.8 Å². The van der Waals surface area contributed by atoms with E-state index >= 15 is 0 Å². The molecule has 0 aliphatic carbocycles. The van der Waals surface area contributed by atoms with E-state index in [0.717, 1.165) is 29.6 Å². The van der Waals surface area contributed by atoms with E-state index in [1.807, 2.05) is 47.1 Å². The van der Waals surface area contributed by atoms with Crippen LogP contribution in [0.2, 0.25) is 0 Å². The number of anilines is 2. The molecule has 1 fully saturated rings. The predicted octanol–water partition coefficient (Wildman–Crippen LogP) is 3.41. The maximum atomic E-state index is 12.4. The second-order valence-corrected chi connectivity index (χ2v) is 7.71. The maximum absolute atomic E-state index is 12.4. The van der Waals surface area contributed by atoms with Gasteiger partial charge in [-0.25, -0.2) is 0 Å². The highest BCUT2D eigenvalue weighted by atomic mass is 32.2. The normalized spacial score (nSPS) is 14.1. The van der Waals surface area contributed by atoms with Gasteiger partial charge in [0, 0.05) is 24.5 Å². The van der Waals surface area contributed by atoms with Gasteiger partial charge >= 0.3 is 5.16 Å². The zero-order valence-corrected chi connectivity index (χ0v) is 16.5. The summed E-state index contributed by atoms with van der Waals surface area (Å²) in [5, 5.41) is 6.80. The molecule has 0 spiro atoms. The molecule has 0 bridgehead atoms. The van der Waals surface area contributed by atoms with Gasteiger partial charge in [-0.1, -0.05) is 18.2 Å². The number of rotatable bonds is 6. The summed E-state index contributed by atoms with van der Waals surface area (Å²) in [7, 11) is 0. The van der Waals surface area contributed by atoms with Crippen molar-refractivity contribution in [3.05, 3.63) is 60.9 Å². The van der Waals surface area contributed by atoms with Gasteiger partial charge in [0.2, 0.25) is 12.2 Å². The van der Waals surface area contributed by atoms with E-state index in [4.69, 9.17) is 0 Å². The van der Waals surface area contributed by atoms with Gasteiger partial charge in [0.05, 0.1) is 5.75 Å². The molecule has 2 N–H and O–H groups in total. The number of amides is 1. The van der Waals surface area contributed by atoms with Gasteiger partial charge in [0.1, 0.15) is 0 Å². The smallest absolute Gasteiger partial charge is 0.372 e. The van der Waals surface area contributed by atoms with Crippen LogP contribution in [0.25, 0.3) is 5.69 Å². The lowest BCUT2D eigenvalue weighted by atomic mass is 10.1. The number of H-pyrrole nitrogens is 1. The molecule has 1 saturated heterocycles. The number of carbonyl (C=O) groups excluding carboxylic acids is 1. The molecule has 28 heavy (non-hydrogen) atoms. The van der Waals surface area contributed by atoms with Crippen molar-refractivity contribution in [1.82, 2.24) is 10.1 Å². The van der Waals surface area contributed by atoms with E-state index < -0.39 is 0 Å². The Balaban J connectivity index is 1.32. The summed E-state index contributed by atoms with van der Waals surface area (Å²) in [6.07, 6.45) is 5.47. The number of nitrogens with zero attached hydrogens (tertiary/aromatic N) is 3. The van der Waals surface area contributed by atoms with Crippen LogP contribution in [-0.4, -0.2) is 34.8 Å². The van der Waals surface area contributed by atoms with E-state index in [2.05, 4.69) is 32.4 Å². The lowest BCUT2D eigenvalue weighted by molar-refractivity contribution is -0.694. The Bertz CT molecular complexity index is 904. The molecule has 1 aromatic heterocycles. The standard InChI is InChI=1S/C21H23N5OS/c27-20(15-28-21-22-16-23-26(21)19-7-3-1-4-8-19)24-17-9-11-18(12-10-17)25-13-5-2-6-14-25/h1,3-4,7-12,16H,2,5-6,13-15H2,(H,24,27)/p+1. The molecule has 2 heterocycles. The second kappa shape index (κ2) is 8.93. The first-order valence-corrected chi connectivity index (χ1v) is 10.6. The average molecular weight is 395 g/mol. The van der Waals surface area contributed by atoms with Crippen LogP contribution in [0, 0.1) is 0 Å². The molecule has 1 amide bonds. The minimum Gasteiger partial charge on any atom is -0.372 e. The molecule has 3 aromatic rings. The van der Waals surface area contributed by atoms with Gasteiger partial charge in [0.15, 0.2) is 5.69 Å². The molecular weight excluding hydrogens is 370 g/mol. The summed E-state index contributed by atoms with van der Waals surface area (Å²) < 4.78 is 1.87. The number of carbonyl (C=O) groups is 1. The topological polar surface area (TPSA) is 64.9 Å².